The molecule has 18 heavy (non-hydrogen) atoms. The molecule has 0 fully saturated rings. The third-order valence-corrected chi connectivity index (χ3v) is 2.62. The number of aromatic nitrogens is 1. The van der Waals surface area contributed by atoms with Crippen LogP contribution >= 0.6 is 0 Å². The minimum atomic E-state index is -0.590. The maximum Gasteiger partial charge on any atom is 0.250 e. The molecule has 94 valence electrons. The molecule has 0 aliphatic heterocycles. The van der Waals surface area contributed by atoms with Gasteiger partial charge in [-0.15, -0.1) is 0 Å². The lowest BCUT2D eigenvalue weighted by molar-refractivity contribution is 0.560. The van der Waals surface area contributed by atoms with Crippen LogP contribution in [0.2, 0.25) is 0 Å². The Hall–Kier alpha value is -2.17. The molecule has 0 bridgehead atoms. The quantitative estimate of drug-likeness (QED) is 0.906. The van der Waals surface area contributed by atoms with E-state index in [1.165, 1.54) is 28.8 Å². The van der Waals surface area contributed by atoms with Crippen LogP contribution in [0.15, 0.2) is 41.3 Å². The molecule has 5 heteroatoms. The molecule has 0 saturated heterocycles. The van der Waals surface area contributed by atoms with Crippen LogP contribution in [-0.4, -0.2) is 4.57 Å². The Kier molecular flexibility index (Phi) is 3.41. The normalized spacial score (nSPS) is 10.4. The molecule has 1 N–H and O–H groups in total. The summed E-state index contributed by atoms with van der Waals surface area (Å²) >= 11 is 0. The van der Waals surface area contributed by atoms with Gasteiger partial charge in [-0.25, -0.2) is 8.78 Å². The number of hydrogen-bond acceptors (Lipinski definition) is 2. The summed E-state index contributed by atoms with van der Waals surface area (Å²) in [5.74, 6) is -1.18. The third-order valence-electron chi connectivity index (χ3n) is 2.62. The first-order valence-electron chi connectivity index (χ1n) is 5.41. The number of hydrogen-bond donors (Lipinski definition) is 1. The first kappa shape index (κ1) is 12.3. The van der Waals surface area contributed by atoms with Crippen molar-refractivity contribution in [3.63, 3.8) is 0 Å². The number of benzene rings is 1. The first-order valence-corrected chi connectivity index (χ1v) is 5.41. The Bertz CT molecular complexity index is 602. The van der Waals surface area contributed by atoms with Crippen molar-refractivity contribution in [1.29, 1.82) is 0 Å². The van der Waals surface area contributed by atoms with Crippen LogP contribution in [-0.2, 0) is 13.6 Å². The van der Waals surface area contributed by atoms with E-state index < -0.39 is 11.6 Å². The highest BCUT2D eigenvalue weighted by molar-refractivity contribution is 5.41. The molecule has 1 aromatic carbocycles. The van der Waals surface area contributed by atoms with Gasteiger partial charge in [-0.2, -0.15) is 0 Å². The van der Waals surface area contributed by atoms with Crippen molar-refractivity contribution >= 4 is 5.69 Å². The van der Waals surface area contributed by atoms with Crippen molar-refractivity contribution in [3.05, 3.63) is 64.1 Å². The average Bonchev–Trinajstić information content (AvgIpc) is 2.33. The van der Waals surface area contributed by atoms with E-state index in [9.17, 15) is 13.6 Å². The van der Waals surface area contributed by atoms with Crippen molar-refractivity contribution in [1.82, 2.24) is 4.57 Å². The molecule has 0 amide bonds. The van der Waals surface area contributed by atoms with E-state index in [1.54, 1.807) is 19.3 Å². The number of pyridine rings is 1. The van der Waals surface area contributed by atoms with E-state index in [4.69, 9.17) is 0 Å². The fourth-order valence-corrected chi connectivity index (χ4v) is 1.59. The molecule has 0 unspecified atom stereocenters. The van der Waals surface area contributed by atoms with Crippen molar-refractivity contribution in [3.8, 4) is 0 Å². The van der Waals surface area contributed by atoms with Gasteiger partial charge in [0.15, 0.2) is 0 Å². The average molecular weight is 250 g/mol. The number of nitrogens with one attached hydrogen (secondary N) is 1. The summed E-state index contributed by atoms with van der Waals surface area (Å²) in [7, 11) is 1.61. The number of rotatable bonds is 3. The zero-order valence-electron chi connectivity index (χ0n) is 9.78. The summed E-state index contributed by atoms with van der Waals surface area (Å²) in [5.41, 5.74) is 0.462. The minimum absolute atomic E-state index is 0.0219. The molecule has 1 heterocycles. The van der Waals surface area contributed by atoms with Crippen LogP contribution in [0.4, 0.5) is 14.5 Å². The zero-order valence-corrected chi connectivity index (χ0v) is 9.78. The smallest absolute Gasteiger partial charge is 0.250 e. The van der Waals surface area contributed by atoms with Gasteiger partial charge in [0.25, 0.3) is 0 Å². The zero-order chi connectivity index (χ0) is 13.1. The minimum Gasteiger partial charge on any atom is -0.380 e. The van der Waals surface area contributed by atoms with Crippen molar-refractivity contribution < 1.29 is 8.78 Å². The van der Waals surface area contributed by atoms with Crippen LogP contribution in [0.3, 0.4) is 0 Å². The first-order chi connectivity index (χ1) is 8.58. The summed E-state index contributed by atoms with van der Waals surface area (Å²) in [6.07, 6.45) is 1.57. The SMILES string of the molecule is Cn1cc(NCc2c(F)cccc2F)ccc1=O. The molecule has 0 aliphatic rings. The predicted molar refractivity (Wildman–Crippen MR) is 65.4 cm³/mol. The summed E-state index contributed by atoms with van der Waals surface area (Å²) in [4.78, 5) is 11.2. The second-order valence-corrected chi connectivity index (χ2v) is 3.92. The van der Waals surface area contributed by atoms with Crippen LogP contribution in [0.25, 0.3) is 0 Å². The lowest BCUT2D eigenvalue weighted by Gasteiger charge is -2.09. The Balaban J connectivity index is 2.16. The summed E-state index contributed by atoms with van der Waals surface area (Å²) in [6.45, 7) is 0.0245. The maximum absolute atomic E-state index is 13.4. The summed E-state index contributed by atoms with van der Waals surface area (Å²) in [5, 5.41) is 2.87. The van der Waals surface area contributed by atoms with Crippen molar-refractivity contribution in [2.24, 2.45) is 7.05 Å². The van der Waals surface area contributed by atoms with Crippen molar-refractivity contribution in [2.45, 2.75) is 6.54 Å². The highest BCUT2D eigenvalue weighted by Crippen LogP contribution is 2.14. The highest BCUT2D eigenvalue weighted by atomic mass is 19.1. The maximum atomic E-state index is 13.4. The second-order valence-electron chi connectivity index (χ2n) is 3.92. The Labute approximate surface area is 103 Å². The summed E-state index contributed by atoms with van der Waals surface area (Å²) < 4.78 is 28.1. The highest BCUT2D eigenvalue weighted by Gasteiger charge is 2.07. The van der Waals surface area contributed by atoms with Gasteiger partial charge in [0, 0.05) is 31.4 Å². The number of aryl methyl sites for hydroxylation is 1. The fraction of sp³-hybridized carbons (Fsp3) is 0.154. The lowest BCUT2D eigenvalue weighted by Crippen LogP contribution is -2.15. The van der Waals surface area contributed by atoms with Crippen molar-refractivity contribution in [2.75, 3.05) is 5.32 Å². The van der Waals surface area contributed by atoms with Gasteiger partial charge >= 0.3 is 0 Å². The van der Waals surface area contributed by atoms with Gasteiger partial charge < -0.3 is 9.88 Å². The molecular formula is C13H12F2N2O. The van der Waals surface area contributed by atoms with Crippen LogP contribution in [0, 0.1) is 11.6 Å². The van der Waals surface area contributed by atoms with E-state index in [-0.39, 0.29) is 17.7 Å². The Morgan fingerprint density at radius 3 is 2.44 bits per heavy atom. The van der Waals surface area contributed by atoms with E-state index in [0.717, 1.165) is 0 Å². The topological polar surface area (TPSA) is 34.0 Å². The second kappa shape index (κ2) is 5.00. The number of anilines is 1. The molecule has 3 nitrogen and oxygen atoms in total. The predicted octanol–water partition coefficient (Wildman–Crippen LogP) is 2.28. The van der Waals surface area contributed by atoms with E-state index in [2.05, 4.69) is 5.32 Å². The molecule has 0 aliphatic carbocycles. The van der Waals surface area contributed by atoms with Crippen LogP contribution < -0.4 is 10.9 Å². The molecule has 1 aromatic heterocycles. The van der Waals surface area contributed by atoms with Crippen LogP contribution in [0.5, 0.6) is 0 Å². The molecule has 0 radical (unpaired) electrons. The van der Waals surface area contributed by atoms with Gasteiger partial charge in [0.1, 0.15) is 11.6 Å². The fourth-order valence-electron chi connectivity index (χ4n) is 1.59. The third kappa shape index (κ3) is 2.56. The molecule has 0 saturated carbocycles. The molecule has 0 atom stereocenters. The van der Waals surface area contributed by atoms with Gasteiger partial charge in [0.05, 0.1) is 5.69 Å². The summed E-state index contributed by atoms with van der Waals surface area (Å²) in [6, 6.07) is 6.70. The van der Waals surface area contributed by atoms with Gasteiger partial charge in [-0.3, -0.25) is 4.79 Å². The van der Waals surface area contributed by atoms with Gasteiger partial charge in [-0.05, 0) is 18.2 Å². The van der Waals surface area contributed by atoms with Gasteiger partial charge in [-0.1, -0.05) is 6.07 Å². The van der Waals surface area contributed by atoms with E-state index >= 15 is 0 Å². The largest absolute Gasteiger partial charge is 0.380 e. The number of nitrogens with zero attached hydrogens (tertiary/aromatic N) is 1. The number of halogens is 2. The molecule has 0 spiro atoms. The standard InChI is InChI=1S/C13H12F2N2O/c1-17-8-9(5-6-13(17)18)16-7-10-11(14)3-2-4-12(10)15/h2-6,8,16H,7H2,1H3. The van der Waals surface area contributed by atoms with Gasteiger partial charge in [0.2, 0.25) is 5.56 Å². The van der Waals surface area contributed by atoms with E-state index in [1.807, 2.05) is 0 Å². The van der Waals surface area contributed by atoms with E-state index in [0.29, 0.717) is 5.69 Å². The lowest BCUT2D eigenvalue weighted by atomic mass is 10.2. The molecule has 2 aromatic rings. The molecule has 2 rings (SSSR count). The Morgan fingerprint density at radius 1 is 1.17 bits per heavy atom. The molecular weight excluding hydrogens is 238 g/mol. The Morgan fingerprint density at radius 2 is 1.83 bits per heavy atom. The monoisotopic (exact) mass is 250 g/mol. The van der Waals surface area contributed by atoms with Crippen LogP contribution in [0.1, 0.15) is 5.56 Å².